The summed E-state index contributed by atoms with van der Waals surface area (Å²) in [6, 6.07) is 5.59. The number of benzene rings is 1. The average molecular weight is 296 g/mol. The van der Waals surface area contributed by atoms with Crippen molar-refractivity contribution in [1.82, 2.24) is 10.2 Å². The highest BCUT2D eigenvalue weighted by molar-refractivity contribution is 6.31. The van der Waals surface area contributed by atoms with Gasteiger partial charge in [-0.2, -0.15) is 0 Å². The Kier molecular flexibility index (Phi) is 5.26. The molecule has 1 saturated heterocycles. The number of hydrogen-bond acceptors (Lipinski definition) is 3. The maximum Gasteiger partial charge on any atom is 0.253 e. The molecule has 0 saturated carbocycles. The summed E-state index contributed by atoms with van der Waals surface area (Å²) in [7, 11) is 2.09. The Morgan fingerprint density at radius 1 is 1.50 bits per heavy atom. The molecule has 2 rings (SSSR count). The number of nitrogens with one attached hydrogen (secondary N) is 2. The number of carbonyl (C=O) groups is 1. The first-order valence-corrected chi connectivity index (χ1v) is 7.50. The van der Waals surface area contributed by atoms with Crippen LogP contribution >= 0.6 is 11.6 Å². The lowest BCUT2D eigenvalue weighted by Crippen LogP contribution is -2.46. The highest BCUT2D eigenvalue weighted by atomic mass is 35.5. The molecule has 1 aliphatic heterocycles. The quantitative estimate of drug-likeness (QED) is 0.897. The molecule has 1 heterocycles. The SMILES string of the molecule is CCNc1ccc(Cl)cc1C(=O)NC1CCCN(C)C1. The van der Waals surface area contributed by atoms with Gasteiger partial charge in [0.25, 0.3) is 5.91 Å². The van der Waals surface area contributed by atoms with E-state index in [1.54, 1.807) is 12.1 Å². The van der Waals surface area contributed by atoms with Crippen molar-refractivity contribution in [3.8, 4) is 0 Å². The van der Waals surface area contributed by atoms with Crippen LogP contribution < -0.4 is 10.6 Å². The van der Waals surface area contributed by atoms with E-state index >= 15 is 0 Å². The van der Waals surface area contributed by atoms with E-state index in [0.717, 1.165) is 38.2 Å². The van der Waals surface area contributed by atoms with Crippen molar-refractivity contribution in [1.29, 1.82) is 0 Å². The predicted molar refractivity (Wildman–Crippen MR) is 83.6 cm³/mol. The van der Waals surface area contributed by atoms with Gasteiger partial charge in [-0.25, -0.2) is 0 Å². The van der Waals surface area contributed by atoms with Gasteiger partial charge in [0.15, 0.2) is 0 Å². The molecule has 1 amide bonds. The summed E-state index contributed by atoms with van der Waals surface area (Å²) < 4.78 is 0. The number of hydrogen-bond donors (Lipinski definition) is 2. The minimum Gasteiger partial charge on any atom is -0.385 e. The number of amides is 1. The fourth-order valence-electron chi connectivity index (χ4n) is 2.60. The maximum absolute atomic E-state index is 12.4. The molecule has 1 aromatic carbocycles. The molecule has 2 N–H and O–H groups in total. The third-order valence-electron chi connectivity index (χ3n) is 3.55. The van der Waals surface area contributed by atoms with Crippen molar-refractivity contribution in [3.63, 3.8) is 0 Å². The Labute approximate surface area is 125 Å². The van der Waals surface area contributed by atoms with Crippen LogP contribution in [0.1, 0.15) is 30.1 Å². The summed E-state index contributed by atoms with van der Waals surface area (Å²) in [6.07, 6.45) is 2.16. The summed E-state index contributed by atoms with van der Waals surface area (Å²) in [5, 5.41) is 6.89. The standard InChI is InChI=1S/C15H22ClN3O/c1-3-17-14-7-6-11(16)9-13(14)15(20)18-12-5-4-8-19(2)10-12/h6-7,9,12,17H,3-5,8,10H2,1-2H3,(H,18,20). The molecule has 5 heteroatoms. The molecule has 1 unspecified atom stereocenters. The largest absolute Gasteiger partial charge is 0.385 e. The fraction of sp³-hybridized carbons (Fsp3) is 0.533. The highest BCUT2D eigenvalue weighted by Gasteiger charge is 2.21. The summed E-state index contributed by atoms with van der Waals surface area (Å²) >= 11 is 6.01. The molecule has 0 spiro atoms. The van der Waals surface area contributed by atoms with Crippen molar-refractivity contribution >= 4 is 23.2 Å². The second-order valence-electron chi connectivity index (χ2n) is 5.30. The van der Waals surface area contributed by atoms with Gasteiger partial charge in [-0.15, -0.1) is 0 Å². The Morgan fingerprint density at radius 2 is 2.30 bits per heavy atom. The normalized spacial score (nSPS) is 19.6. The van der Waals surface area contributed by atoms with E-state index in [-0.39, 0.29) is 11.9 Å². The summed E-state index contributed by atoms with van der Waals surface area (Å²) in [6.45, 7) is 4.79. The topological polar surface area (TPSA) is 44.4 Å². The molecule has 1 fully saturated rings. The van der Waals surface area contributed by atoms with Crippen molar-refractivity contribution in [3.05, 3.63) is 28.8 Å². The van der Waals surface area contributed by atoms with Crippen LogP contribution in [0.4, 0.5) is 5.69 Å². The van der Waals surface area contributed by atoms with Crippen LogP contribution in [0.5, 0.6) is 0 Å². The Hall–Kier alpha value is -1.26. The van der Waals surface area contributed by atoms with Crippen molar-refractivity contribution in [2.45, 2.75) is 25.8 Å². The second-order valence-corrected chi connectivity index (χ2v) is 5.73. The lowest BCUT2D eigenvalue weighted by molar-refractivity contribution is 0.0913. The number of carbonyl (C=O) groups excluding carboxylic acids is 1. The van der Waals surface area contributed by atoms with Crippen LogP contribution in [0.3, 0.4) is 0 Å². The van der Waals surface area contributed by atoms with E-state index in [4.69, 9.17) is 11.6 Å². The number of likely N-dealkylation sites (N-methyl/N-ethyl adjacent to an activating group) is 1. The van der Waals surface area contributed by atoms with Gasteiger partial charge in [-0.05, 0) is 51.6 Å². The van der Waals surface area contributed by atoms with Crippen LogP contribution in [-0.2, 0) is 0 Å². The lowest BCUT2D eigenvalue weighted by Gasteiger charge is -2.30. The number of rotatable bonds is 4. The molecule has 110 valence electrons. The molecular weight excluding hydrogens is 274 g/mol. The Morgan fingerprint density at radius 3 is 3.00 bits per heavy atom. The third kappa shape index (κ3) is 3.87. The molecule has 0 aromatic heterocycles. The van der Waals surface area contributed by atoms with Gasteiger partial charge in [-0.3, -0.25) is 4.79 Å². The average Bonchev–Trinajstić information content (AvgIpc) is 2.41. The molecule has 4 nitrogen and oxygen atoms in total. The second kappa shape index (κ2) is 6.95. The van der Waals surface area contributed by atoms with Gasteiger partial charge in [0.05, 0.1) is 5.56 Å². The summed E-state index contributed by atoms with van der Waals surface area (Å²) in [4.78, 5) is 14.7. The zero-order chi connectivity index (χ0) is 14.5. The number of halogens is 1. The van der Waals surface area contributed by atoms with E-state index < -0.39 is 0 Å². The van der Waals surface area contributed by atoms with Crippen LogP contribution in [0.15, 0.2) is 18.2 Å². The van der Waals surface area contributed by atoms with E-state index in [1.807, 2.05) is 13.0 Å². The molecular formula is C15H22ClN3O. The van der Waals surface area contributed by atoms with Gasteiger partial charge in [-0.1, -0.05) is 11.6 Å². The monoisotopic (exact) mass is 295 g/mol. The van der Waals surface area contributed by atoms with Crippen molar-refractivity contribution in [2.75, 3.05) is 32.0 Å². The minimum atomic E-state index is -0.0521. The van der Waals surface area contributed by atoms with Crippen LogP contribution in [0.25, 0.3) is 0 Å². The van der Waals surface area contributed by atoms with Gasteiger partial charge in [0, 0.05) is 29.8 Å². The number of piperidine rings is 1. The van der Waals surface area contributed by atoms with Crippen molar-refractivity contribution in [2.24, 2.45) is 0 Å². The smallest absolute Gasteiger partial charge is 0.253 e. The first kappa shape index (κ1) is 15.1. The maximum atomic E-state index is 12.4. The third-order valence-corrected chi connectivity index (χ3v) is 3.79. The van der Waals surface area contributed by atoms with E-state index in [9.17, 15) is 4.79 Å². The molecule has 1 aromatic rings. The Bertz CT molecular complexity index is 478. The van der Waals surface area contributed by atoms with Crippen LogP contribution in [0.2, 0.25) is 5.02 Å². The van der Waals surface area contributed by atoms with Gasteiger partial charge in [0.1, 0.15) is 0 Å². The predicted octanol–water partition coefficient (Wildman–Crippen LogP) is 2.60. The molecule has 1 aliphatic rings. The molecule has 1 atom stereocenters. The summed E-state index contributed by atoms with van der Waals surface area (Å²) in [5.41, 5.74) is 1.45. The van der Waals surface area contributed by atoms with E-state index in [2.05, 4.69) is 22.6 Å². The zero-order valence-corrected chi connectivity index (χ0v) is 12.8. The highest BCUT2D eigenvalue weighted by Crippen LogP contribution is 2.21. The number of nitrogens with zero attached hydrogens (tertiary/aromatic N) is 1. The summed E-state index contributed by atoms with van der Waals surface area (Å²) in [5.74, 6) is -0.0521. The lowest BCUT2D eigenvalue weighted by atomic mass is 10.1. The Balaban J connectivity index is 2.09. The number of likely N-dealkylation sites (tertiary alicyclic amines) is 1. The van der Waals surface area contributed by atoms with Crippen LogP contribution in [-0.4, -0.2) is 43.5 Å². The minimum absolute atomic E-state index is 0.0521. The fourth-order valence-corrected chi connectivity index (χ4v) is 2.77. The van der Waals surface area contributed by atoms with Gasteiger partial charge in [0.2, 0.25) is 0 Å². The van der Waals surface area contributed by atoms with Crippen LogP contribution in [0, 0.1) is 0 Å². The van der Waals surface area contributed by atoms with E-state index in [1.165, 1.54) is 0 Å². The molecule has 20 heavy (non-hydrogen) atoms. The van der Waals surface area contributed by atoms with Crippen molar-refractivity contribution < 1.29 is 4.79 Å². The zero-order valence-electron chi connectivity index (χ0n) is 12.1. The van der Waals surface area contributed by atoms with E-state index in [0.29, 0.717) is 10.6 Å². The first-order valence-electron chi connectivity index (χ1n) is 7.13. The number of anilines is 1. The first-order chi connectivity index (χ1) is 9.60. The van der Waals surface area contributed by atoms with Gasteiger partial charge >= 0.3 is 0 Å². The molecule has 0 bridgehead atoms. The molecule has 0 radical (unpaired) electrons. The van der Waals surface area contributed by atoms with Gasteiger partial charge < -0.3 is 15.5 Å². The molecule has 0 aliphatic carbocycles.